The molecule has 7 heteroatoms. The first kappa shape index (κ1) is 18.8. The Kier molecular flexibility index (Phi) is 6.03. The molecule has 2 rings (SSSR count). The summed E-state index contributed by atoms with van der Waals surface area (Å²) in [5.41, 5.74) is 1.35. The lowest BCUT2D eigenvalue weighted by Crippen LogP contribution is -2.47. The zero-order valence-corrected chi connectivity index (χ0v) is 15.3. The average molecular weight is 362 g/mol. The third-order valence-electron chi connectivity index (χ3n) is 3.72. The van der Waals surface area contributed by atoms with E-state index < -0.39 is 16.1 Å². The third-order valence-corrected chi connectivity index (χ3v) is 4.97. The largest absolute Gasteiger partial charge is 0.497 e. The molecule has 134 valence electrons. The highest BCUT2D eigenvalue weighted by atomic mass is 32.2. The Morgan fingerprint density at radius 1 is 1.12 bits per heavy atom. The number of nitrogens with one attached hydrogen (secondary N) is 1. The van der Waals surface area contributed by atoms with Gasteiger partial charge in [0, 0.05) is 6.54 Å². The number of hydrogen-bond donors (Lipinski definition) is 1. The van der Waals surface area contributed by atoms with Gasteiger partial charge in [-0.25, -0.2) is 8.42 Å². The number of rotatable bonds is 7. The molecule has 1 amide bonds. The van der Waals surface area contributed by atoms with E-state index in [0.29, 0.717) is 18.0 Å². The molecule has 0 fully saturated rings. The van der Waals surface area contributed by atoms with Crippen molar-refractivity contribution in [3.05, 3.63) is 60.2 Å². The molecular weight excluding hydrogens is 340 g/mol. The van der Waals surface area contributed by atoms with Crippen molar-refractivity contribution in [3.63, 3.8) is 0 Å². The number of methoxy groups -OCH3 is 1. The number of nitrogens with zero attached hydrogens (tertiary/aromatic N) is 1. The number of amides is 1. The fourth-order valence-electron chi connectivity index (χ4n) is 2.47. The van der Waals surface area contributed by atoms with Gasteiger partial charge >= 0.3 is 0 Å². The van der Waals surface area contributed by atoms with Gasteiger partial charge in [0.25, 0.3) is 0 Å². The van der Waals surface area contributed by atoms with Crippen LogP contribution in [-0.2, 0) is 21.4 Å². The Hall–Kier alpha value is -2.54. The minimum Gasteiger partial charge on any atom is -0.497 e. The standard InChI is InChI=1S/C18H22N2O4S/c1-14(18(21)19-13-15-7-5-4-6-8-15)20(25(3,22)23)16-9-11-17(24-2)12-10-16/h4-12,14H,13H2,1-3H3,(H,19,21)/t14-/m0/s1. The summed E-state index contributed by atoms with van der Waals surface area (Å²) in [5, 5.41) is 2.77. The van der Waals surface area contributed by atoms with Crippen LogP contribution < -0.4 is 14.4 Å². The maximum absolute atomic E-state index is 12.5. The monoisotopic (exact) mass is 362 g/mol. The molecule has 0 unspecified atom stereocenters. The van der Waals surface area contributed by atoms with Gasteiger partial charge in [0.2, 0.25) is 15.9 Å². The number of sulfonamides is 1. The Balaban J connectivity index is 2.17. The van der Waals surface area contributed by atoms with Crippen LogP contribution in [0.2, 0.25) is 0 Å². The fraction of sp³-hybridized carbons (Fsp3) is 0.278. The summed E-state index contributed by atoms with van der Waals surface area (Å²) >= 11 is 0. The minimum absolute atomic E-state index is 0.338. The van der Waals surface area contributed by atoms with E-state index in [0.717, 1.165) is 16.1 Å². The van der Waals surface area contributed by atoms with Gasteiger partial charge in [-0.2, -0.15) is 0 Å². The highest BCUT2D eigenvalue weighted by Crippen LogP contribution is 2.23. The van der Waals surface area contributed by atoms with E-state index in [4.69, 9.17) is 4.74 Å². The summed E-state index contributed by atoms with van der Waals surface area (Å²) < 4.78 is 30.6. The van der Waals surface area contributed by atoms with Crippen molar-refractivity contribution in [3.8, 4) is 5.75 Å². The number of carbonyl (C=O) groups is 1. The van der Waals surface area contributed by atoms with Crippen molar-refractivity contribution in [1.82, 2.24) is 5.32 Å². The number of carbonyl (C=O) groups excluding carboxylic acids is 1. The second-order valence-corrected chi connectivity index (χ2v) is 7.50. The summed E-state index contributed by atoms with van der Waals surface area (Å²) in [6, 6.07) is 15.1. The molecule has 0 aliphatic heterocycles. The molecule has 0 radical (unpaired) electrons. The smallest absolute Gasteiger partial charge is 0.243 e. The van der Waals surface area contributed by atoms with Crippen LogP contribution in [0.3, 0.4) is 0 Å². The van der Waals surface area contributed by atoms with E-state index in [1.54, 1.807) is 31.2 Å². The molecule has 0 heterocycles. The molecule has 0 bridgehead atoms. The number of hydrogen-bond acceptors (Lipinski definition) is 4. The van der Waals surface area contributed by atoms with E-state index >= 15 is 0 Å². The Bertz CT molecular complexity index is 805. The molecule has 0 aliphatic rings. The van der Waals surface area contributed by atoms with Gasteiger partial charge in [-0.1, -0.05) is 30.3 Å². The van der Waals surface area contributed by atoms with Crippen LogP contribution >= 0.6 is 0 Å². The summed E-state index contributed by atoms with van der Waals surface area (Å²) in [4.78, 5) is 12.5. The normalized spacial score (nSPS) is 12.3. The minimum atomic E-state index is -3.63. The van der Waals surface area contributed by atoms with E-state index in [2.05, 4.69) is 5.32 Å². The van der Waals surface area contributed by atoms with Crippen molar-refractivity contribution < 1.29 is 17.9 Å². The summed E-state index contributed by atoms with van der Waals surface area (Å²) in [6.45, 7) is 1.90. The second-order valence-electron chi connectivity index (χ2n) is 5.64. The molecule has 25 heavy (non-hydrogen) atoms. The van der Waals surface area contributed by atoms with Crippen LogP contribution in [0.5, 0.6) is 5.75 Å². The fourth-order valence-corrected chi connectivity index (χ4v) is 3.65. The molecule has 0 saturated carbocycles. The molecule has 0 aromatic heterocycles. The van der Waals surface area contributed by atoms with Gasteiger partial charge < -0.3 is 10.1 Å². The summed E-state index contributed by atoms with van der Waals surface area (Å²) in [5.74, 6) is 0.239. The zero-order valence-electron chi connectivity index (χ0n) is 14.5. The highest BCUT2D eigenvalue weighted by Gasteiger charge is 2.28. The van der Waals surface area contributed by atoms with Crippen molar-refractivity contribution in [2.45, 2.75) is 19.5 Å². The highest BCUT2D eigenvalue weighted by molar-refractivity contribution is 7.92. The van der Waals surface area contributed by atoms with Gasteiger partial charge in [-0.3, -0.25) is 9.10 Å². The van der Waals surface area contributed by atoms with Crippen molar-refractivity contribution in [1.29, 1.82) is 0 Å². The van der Waals surface area contributed by atoms with E-state index in [1.807, 2.05) is 30.3 Å². The lowest BCUT2D eigenvalue weighted by Gasteiger charge is -2.28. The first-order chi connectivity index (χ1) is 11.8. The van der Waals surface area contributed by atoms with Gasteiger partial charge in [0.05, 0.1) is 19.1 Å². The van der Waals surface area contributed by atoms with Crippen molar-refractivity contribution in [2.75, 3.05) is 17.7 Å². The van der Waals surface area contributed by atoms with Crippen LogP contribution in [0.1, 0.15) is 12.5 Å². The predicted octanol–water partition coefficient (Wildman–Crippen LogP) is 2.17. The molecule has 1 atom stereocenters. The van der Waals surface area contributed by atoms with Crippen LogP contribution in [0.15, 0.2) is 54.6 Å². The van der Waals surface area contributed by atoms with Crippen LogP contribution in [-0.4, -0.2) is 33.7 Å². The number of ether oxygens (including phenoxy) is 1. The van der Waals surface area contributed by atoms with Crippen molar-refractivity contribution >= 4 is 21.6 Å². The lowest BCUT2D eigenvalue weighted by atomic mass is 10.2. The molecule has 0 saturated heterocycles. The van der Waals surface area contributed by atoms with Crippen molar-refractivity contribution in [2.24, 2.45) is 0 Å². The molecule has 0 aliphatic carbocycles. The van der Waals surface area contributed by atoms with E-state index in [-0.39, 0.29) is 5.91 Å². The van der Waals surface area contributed by atoms with Crippen LogP contribution in [0.25, 0.3) is 0 Å². The van der Waals surface area contributed by atoms with Gasteiger partial charge in [0.1, 0.15) is 11.8 Å². The third kappa shape index (κ3) is 4.96. The predicted molar refractivity (Wildman–Crippen MR) is 98.1 cm³/mol. The summed E-state index contributed by atoms with van der Waals surface area (Å²) in [6.07, 6.45) is 1.08. The van der Waals surface area contributed by atoms with Gasteiger partial charge in [-0.15, -0.1) is 0 Å². The first-order valence-electron chi connectivity index (χ1n) is 7.78. The number of anilines is 1. The van der Waals surface area contributed by atoms with Gasteiger partial charge in [0.15, 0.2) is 0 Å². The second kappa shape index (κ2) is 8.02. The molecule has 2 aromatic rings. The molecule has 1 N–H and O–H groups in total. The first-order valence-corrected chi connectivity index (χ1v) is 9.63. The Morgan fingerprint density at radius 2 is 1.72 bits per heavy atom. The van der Waals surface area contributed by atoms with E-state index in [9.17, 15) is 13.2 Å². The van der Waals surface area contributed by atoms with Crippen LogP contribution in [0, 0.1) is 0 Å². The van der Waals surface area contributed by atoms with Crippen LogP contribution in [0.4, 0.5) is 5.69 Å². The SMILES string of the molecule is COc1ccc(N([C@@H](C)C(=O)NCc2ccccc2)S(C)(=O)=O)cc1. The molecule has 6 nitrogen and oxygen atoms in total. The maximum Gasteiger partial charge on any atom is 0.243 e. The lowest BCUT2D eigenvalue weighted by molar-refractivity contribution is -0.122. The Labute approximate surface area is 148 Å². The molecule has 0 spiro atoms. The quantitative estimate of drug-likeness (QED) is 0.819. The number of benzene rings is 2. The summed E-state index contributed by atoms with van der Waals surface area (Å²) in [7, 11) is -2.10. The Morgan fingerprint density at radius 3 is 2.24 bits per heavy atom. The molecule has 2 aromatic carbocycles. The van der Waals surface area contributed by atoms with E-state index in [1.165, 1.54) is 7.11 Å². The maximum atomic E-state index is 12.5. The average Bonchev–Trinajstić information content (AvgIpc) is 2.60. The topological polar surface area (TPSA) is 75.7 Å². The zero-order chi connectivity index (χ0) is 18.4. The molecular formula is C18H22N2O4S. The van der Waals surface area contributed by atoms with Gasteiger partial charge in [-0.05, 0) is 36.8 Å².